The number of fused-ring (bicyclic) bond motifs is 1. The Morgan fingerprint density at radius 3 is 2.53 bits per heavy atom. The van der Waals surface area contributed by atoms with E-state index in [1.165, 1.54) is 0 Å². The van der Waals surface area contributed by atoms with Gasteiger partial charge in [0.15, 0.2) is 0 Å². The van der Waals surface area contributed by atoms with Gasteiger partial charge in [-0.15, -0.1) is 0 Å². The molecule has 3 aromatic rings. The minimum absolute atomic E-state index is 0.0385. The summed E-state index contributed by atoms with van der Waals surface area (Å²) >= 11 is 0. The van der Waals surface area contributed by atoms with Crippen LogP contribution in [0.5, 0.6) is 5.75 Å². The molecule has 0 spiro atoms. The van der Waals surface area contributed by atoms with Crippen molar-refractivity contribution in [1.82, 2.24) is 9.88 Å². The first-order valence-corrected chi connectivity index (χ1v) is 11.1. The second-order valence-electron chi connectivity index (χ2n) is 8.49. The maximum atomic E-state index is 13.4. The minimum atomic E-state index is -0.692. The van der Waals surface area contributed by atoms with Gasteiger partial charge in [0.25, 0.3) is 11.7 Å². The number of methoxy groups -OCH3 is 1. The molecule has 1 aliphatic heterocycles. The number of nitrogens with one attached hydrogen (secondary N) is 1. The number of likely N-dealkylation sites (tertiary alicyclic amines) is 1. The first kappa shape index (κ1) is 20.4. The molecule has 0 bridgehead atoms. The number of ketones is 1. The van der Waals surface area contributed by atoms with Crippen LogP contribution in [0.1, 0.15) is 49.3 Å². The number of Topliss-reactive ketones (excluding diaryl/α,β-unsaturated/α-hetero) is 1. The molecule has 2 fully saturated rings. The largest absolute Gasteiger partial charge is 0.507 e. The maximum Gasteiger partial charge on any atom is 0.295 e. The summed E-state index contributed by atoms with van der Waals surface area (Å²) in [4.78, 5) is 31.5. The number of carbonyl (C=O) groups excluding carboxylic acids is 2. The van der Waals surface area contributed by atoms with E-state index in [0.29, 0.717) is 16.9 Å². The number of para-hydroxylation sites is 2. The van der Waals surface area contributed by atoms with E-state index in [1.807, 2.05) is 48.5 Å². The highest BCUT2D eigenvalue weighted by Gasteiger charge is 2.49. The highest BCUT2D eigenvalue weighted by atomic mass is 16.5. The minimum Gasteiger partial charge on any atom is -0.507 e. The normalized spacial score (nSPS) is 21.4. The first-order valence-electron chi connectivity index (χ1n) is 11.1. The van der Waals surface area contributed by atoms with Crippen molar-refractivity contribution in [2.45, 2.75) is 44.2 Å². The number of rotatable bonds is 4. The van der Waals surface area contributed by atoms with Gasteiger partial charge >= 0.3 is 0 Å². The number of aromatic amines is 1. The zero-order chi connectivity index (χ0) is 22.2. The summed E-state index contributed by atoms with van der Waals surface area (Å²) in [5, 5.41) is 12.2. The fourth-order valence-corrected chi connectivity index (χ4v) is 5.20. The molecule has 5 rings (SSSR count). The molecule has 1 aliphatic carbocycles. The van der Waals surface area contributed by atoms with Crippen LogP contribution >= 0.6 is 0 Å². The molecule has 2 aliphatic rings. The Balaban J connectivity index is 1.73. The summed E-state index contributed by atoms with van der Waals surface area (Å²) in [6, 6.07) is 14.3. The van der Waals surface area contributed by atoms with Crippen molar-refractivity contribution in [3.05, 3.63) is 71.4 Å². The Hall–Kier alpha value is -3.54. The van der Waals surface area contributed by atoms with Crippen LogP contribution in [-0.4, -0.2) is 39.8 Å². The van der Waals surface area contributed by atoms with E-state index in [-0.39, 0.29) is 17.4 Å². The van der Waals surface area contributed by atoms with Gasteiger partial charge in [-0.05, 0) is 25.0 Å². The average Bonchev–Trinajstić information content (AvgIpc) is 3.38. The molecule has 0 radical (unpaired) electrons. The number of H-pyrrole nitrogens is 1. The summed E-state index contributed by atoms with van der Waals surface area (Å²) in [6.45, 7) is 0. The molecule has 1 amide bonds. The number of ether oxygens (including phenoxy) is 1. The quantitative estimate of drug-likeness (QED) is 0.349. The van der Waals surface area contributed by atoms with Gasteiger partial charge in [0.1, 0.15) is 11.5 Å². The summed E-state index contributed by atoms with van der Waals surface area (Å²) < 4.78 is 5.59. The molecule has 32 heavy (non-hydrogen) atoms. The number of hydrogen-bond acceptors (Lipinski definition) is 4. The Morgan fingerprint density at radius 2 is 1.75 bits per heavy atom. The van der Waals surface area contributed by atoms with Crippen molar-refractivity contribution in [3.8, 4) is 5.75 Å². The van der Waals surface area contributed by atoms with E-state index in [2.05, 4.69) is 4.98 Å². The van der Waals surface area contributed by atoms with E-state index >= 15 is 0 Å². The van der Waals surface area contributed by atoms with Crippen LogP contribution in [0.4, 0.5) is 0 Å². The lowest BCUT2D eigenvalue weighted by atomic mass is 9.90. The lowest BCUT2D eigenvalue weighted by Crippen LogP contribution is -2.40. The first-order chi connectivity index (χ1) is 15.6. The summed E-state index contributed by atoms with van der Waals surface area (Å²) in [6.07, 6.45) is 6.57. The third-order valence-corrected chi connectivity index (χ3v) is 6.73. The summed E-state index contributed by atoms with van der Waals surface area (Å²) in [5.74, 6) is -0.761. The second-order valence-corrected chi connectivity index (χ2v) is 8.49. The summed E-state index contributed by atoms with van der Waals surface area (Å²) in [5.41, 5.74) is 2.20. The van der Waals surface area contributed by atoms with Gasteiger partial charge in [0, 0.05) is 34.3 Å². The Labute approximate surface area is 186 Å². The second kappa shape index (κ2) is 8.19. The fourth-order valence-electron chi connectivity index (χ4n) is 5.20. The number of benzene rings is 2. The van der Waals surface area contributed by atoms with Crippen LogP contribution in [0, 0.1) is 0 Å². The van der Waals surface area contributed by atoms with Gasteiger partial charge in [-0.25, -0.2) is 0 Å². The predicted molar refractivity (Wildman–Crippen MR) is 122 cm³/mol. The van der Waals surface area contributed by atoms with E-state index in [9.17, 15) is 14.7 Å². The third-order valence-electron chi connectivity index (χ3n) is 6.73. The molecule has 1 saturated carbocycles. The fraction of sp³-hybridized carbons (Fsp3) is 0.308. The van der Waals surface area contributed by atoms with E-state index < -0.39 is 17.7 Å². The molecular weight excluding hydrogens is 404 g/mol. The van der Waals surface area contributed by atoms with Gasteiger partial charge < -0.3 is 19.7 Å². The molecule has 2 heterocycles. The molecular formula is C26H26N2O4. The molecule has 6 heteroatoms. The van der Waals surface area contributed by atoms with E-state index in [1.54, 1.807) is 18.2 Å². The molecule has 2 N–H and O–H groups in total. The van der Waals surface area contributed by atoms with Crippen LogP contribution in [0.15, 0.2) is 60.3 Å². The van der Waals surface area contributed by atoms with Gasteiger partial charge in [-0.2, -0.15) is 0 Å². The maximum absolute atomic E-state index is 13.4. The molecule has 6 nitrogen and oxygen atoms in total. The number of nitrogens with zero attached hydrogens (tertiary/aromatic N) is 1. The van der Waals surface area contributed by atoms with Crippen molar-refractivity contribution in [1.29, 1.82) is 0 Å². The number of aliphatic hydroxyl groups is 1. The van der Waals surface area contributed by atoms with Gasteiger partial charge in [-0.3, -0.25) is 9.59 Å². The van der Waals surface area contributed by atoms with Gasteiger partial charge in [0.2, 0.25) is 0 Å². The number of hydrogen-bond donors (Lipinski definition) is 2. The standard InChI is InChI=1S/C26H26N2O4/c1-32-21-14-8-6-12-18(21)23-22(24(29)19-15-27-20-13-7-5-11-17(19)20)25(30)26(31)28(23)16-9-3-2-4-10-16/h5-8,11-16,23,27,29H,2-4,9-10H2,1H3/b24-22+. The SMILES string of the molecule is COc1ccccc1C1/C(=C(\O)c2c[nH]c3ccccc23)C(=O)C(=O)N1C1CCCCC1. The molecule has 1 aromatic heterocycles. The molecule has 1 saturated heterocycles. The molecule has 2 aromatic carbocycles. The van der Waals surface area contributed by atoms with Crippen molar-refractivity contribution in [3.63, 3.8) is 0 Å². The van der Waals surface area contributed by atoms with Crippen LogP contribution in [0.25, 0.3) is 16.7 Å². The number of aromatic nitrogens is 1. The van der Waals surface area contributed by atoms with E-state index in [4.69, 9.17) is 4.74 Å². The predicted octanol–water partition coefficient (Wildman–Crippen LogP) is 4.93. The van der Waals surface area contributed by atoms with Crippen molar-refractivity contribution in [2.75, 3.05) is 7.11 Å². The molecule has 1 unspecified atom stereocenters. The topological polar surface area (TPSA) is 82.6 Å². The highest BCUT2D eigenvalue weighted by Crippen LogP contribution is 2.46. The van der Waals surface area contributed by atoms with Crippen LogP contribution < -0.4 is 4.74 Å². The van der Waals surface area contributed by atoms with Crippen LogP contribution in [0.2, 0.25) is 0 Å². The smallest absolute Gasteiger partial charge is 0.295 e. The van der Waals surface area contributed by atoms with Crippen LogP contribution in [-0.2, 0) is 9.59 Å². The number of carbonyl (C=O) groups is 2. The van der Waals surface area contributed by atoms with Crippen molar-refractivity contribution < 1.29 is 19.4 Å². The van der Waals surface area contributed by atoms with E-state index in [0.717, 1.165) is 43.0 Å². The monoisotopic (exact) mass is 430 g/mol. The number of amides is 1. The van der Waals surface area contributed by atoms with Gasteiger partial charge in [0.05, 0.1) is 18.7 Å². The lowest BCUT2D eigenvalue weighted by Gasteiger charge is -2.35. The Kier molecular flexibility index (Phi) is 5.21. The zero-order valence-corrected chi connectivity index (χ0v) is 18.0. The Morgan fingerprint density at radius 1 is 1.03 bits per heavy atom. The Bertz CT molecular complexity index is 1220. The van der Waals surface area contributed by atoms with Gasteiger partial charge in [-0.1, -0.05) is 55.7 Å². The third kappa shape index (κ3) is 3.18. The zero-order valence-electron chi connectivity index (χ0n) is 18.0. The van der Waals surface area contributed by atoms with Crippen molar-refractivity contribution >= 4 is 28.4 Å². The molecule has 1 atom stereocenters. The number of aliphatic hydroxyl groups excluding tert-OH is 1. The average molecular weight is 431 g/mol. The molecule has 164 valence electrons. The summed E-state index contributed by atoms with van der Waals surface area (Å²) in [7, 11) is 1.57. The van der Waals surface area contributed by atoms with Crippen LogP contribution in [0.3, 0.4) is 0 Å². The highest BCUT2D eigenvalue weighted by molar-refractivity contribution is 6.46. The lowest BCUT2D eigenvalue weighted by molar-refractivity contribution is -0.141. The van der Waals surface area contributed by atoms with Crippen molar-refractivity contribution in [2.24, 2.45) is 0 Å².